The zero-order valence-corrected chi connectivity index (χ0v) is 14.2. The first-order valence-electron chi connectivity index (χ1n) is 5.86. The molecule has 2 aromatic heterocycles. The molecule has 0 aliphatic heterocycles. The number of pyridine rings is 2. The predicted octanol–water partition coefficient (Wildman–Crippen LogP) is 6.10. The fourth-order valence-electron chi connectivity index (χ4n) is 1.87. The van der Waals surface area contributed by atoms with Crippen molar-refractivity contribution in [1.29, 1.82) is 0 Å². The van der Waals surface area contributed by atoms with E-state index in [1.807, 2.05) is 12.1 Å². The lowest BCUT2D eigenvalue weighted by Gasteiger charge is -2.11. The maximum Gasteiger partial charge on any atom is 0.112 e. The Morgan fingerprint density at radius 2 is 1.67 bits per heavy atom. The smallest absolute Gasteiger partial charge is 0.112 e. The van der Waals surface area contributed by atoms with Gasteiger partial charge in [0.05, 0.1) is 32.0 Å². The van der Waals surface area contributed by atoms with E-state index in [9.17, 15) is 0 Å². The molecule has 3 nitrogen and oxygen atoms in total. The third-order valence-electron chi connectivity index (χ3n) is 2.82. The maximum absolute atomic E-state index is 6.18. The predicted molar refractivity (Wildman–Crippen MR) is 92.0 cm³/mol. The summed E-state index contributed by atoms with van der Waals surface area (Å²) in [7, 11) is 0. The first kappa shape index (κ1) is 14.9. The summed E-state index contributed by atoms with van der Waals surface area (Å²) in [4.78, 5) is 8.66. The summed E-state index contributed by atoms with van der Waals surface area (Å²) in [6.07, 6.45) is 3.41. The summed E-state index contributed by atoms with van der Waals surface area (Å²) >= 11 is 21.5. The molecule has 0 amide bonds. The first-order valence-corrected chi connectivity index (χ1v) is 7.79. The summed E-state index contributed by atoms with van der Waals surface area (Å²) in [5.74, 6) is 0. The number of nitrogens with one attached hydrogen (secondary N) is 1. The largest absolute Gasteiger partial charge is 0.352 e. The second-order valence-corrected chi connectivity index (χ2v) is 6.39. The summed E-state index contributed by atoms with van der Waals surface area (Å²) in [5.41, 5.74) is 2.95. The molecule has 2 heterocycles. The van der Waals surface area contributed by atoms with Gasteiger partial charge >= 0.3 is 0 Å². The van der Waals surface area contributed by atoms with Gasteiger partial charge in [-0.1, -0.05) is 34.8 Å². The highest BCUT2D eigenvalue weighted by Gasteiger charge is 2.09. The molecule has 0 radical (unpaired) electrons. The molecule has 1 N–H and O–H groups in total. The van der Waals surface area contributed by atoms with Gasteiger partial charge in [-0.2, -0.15) is 0 Å². The van der Waals surface area contributed by atoms with Crippen molar-refractivity contribution in [2.75, 3.05) is 5.32 Å². The topological polar surface area (TPSA) is 37.8 Å². The van der Waals surface area contributed by atoms with Crippen LogP contribution in [0.3, 0.4) is 0 Å². The molecular weight excluding hydrogens is 396 g/mol. The van der Waals surface area contributed by atoms with Crippen molar-refractivity contribution in [3.8, 4) is 0 Å². The molecule has 7 heteroatoms. The van der Waals surface area contributed by atoms with Gasteiger partial charge in [0.15, 0.2) is 0 Å². The number of anilines is 2. The average molecular weight is 403 g/mol. The maximum atomic E-state index is 6.18. The Morgan fingerprint density at radius 3 is 2.48 bits per heavy atom. The molecule has 0 aliphatic carbocycles. The van der Waals surface area contributed by atoms with E-state index in [1.165, 1.54) is 0 Å². The summed E-state index contributed by atoms with van der Waals surface area (Å²) in [6, 6.07) is 6.99. The van der Waals surface area contributed by atoms with Crippen LogP contribution in [-0.4, -0.2) is 9.97 Å². The fourth-order valence-corrected chi connectivity index (χ4v) is 2.78. The van der Waals surface area contributed by atoms with Crippen LogP contribution >= 0.6 is 50.7 Å². The van der Waals surface area contributed by atoms with Crippen LogP contribution in [0.1, 0.15) is 0 Å². The first-order chi connectivity index (χ1) is 10.0. The van der Waals surface area contributed by atoms with Crippen LogP contribution in [0, 0.1) is 0 Å². The van der Waals surface area contributed by atoms with Gasteiger partial charge in [-0.15, -0.1) is 0 Å². The molecule has 0 atom stereocenters. The minimum absolute atomic E-state index is 0.411. The van der Waals surface area contributed by atoms with Gasteiger partial charge in [-0.3, -0.25) is 9.97 Å². The lowest BCUT2D eigenvalue weighted by molar-refractivity contribution is 1.32. The summed E-state index contributed by atoms with van der Waals surface area (Å²) < 4.78 is 0.868. The lowest BCUT2D eigenvalue weighted by atomic mass is 10.2. The van der Waals surface area contributed by atoms with E-state index >= 15 is 0 Å². The lowest BCUT2D eigenvalue weighted by Crippen LogP contribution is -1.95. The van der Waals surface area contributed by atoms with Crippen molar-refractivity contribution < 1.29 is 0 Å². The Labute approximate surface area is 144 Å². The average Bonchev–Trinajstić information content (AvgIpc) is 2.44. The van der Waals surface area contributed by atoms with Crippen LogP contribution in [0.5, 0.6) is 0 Å². The van der Waals surface area contributed by atoms with Crippen LogP contribution in [0.4, 0.5) is 11.4 Å². The zero-order valence-electron chi connectivity index (χ0n) is 10.4. The second kappa shape index (κ2) is 5.97. The molecule has 3 rings (SSSR count). The Bertz CT molecular complexity index is 839. The Hall–Kier alpha value is -1.07. The van der Waals surface area contributed by atoms with Gasteiger partial charge in [0.1, 0.15) is 5.52 Å². The second-order valence-electron chi connectivity index (χ2n) is 4.25. The number of rotatable bonds is 2. The summed E-state index contributed by atoms with van der Waals surface area (Å²) in [5, 5.41) is 4.53. The normalized spacial score (nSPS) is 10.9. The van der Waals surface area contributed by atoms with Gasteiger partial charge in [-0.25, -0.2) is 0 Å². The highest BCUT2D eigenvalue weighted by atomic mass is 79.9. The van der Waals surface area contributed by atoms with Gasteiger partial charge in [0.2, 0.25) is 0 Å². The molecule has 3 aromatic rings. The van der Waals surface area contributed by atoms with Crippen molar-refractivity contribution in [3.63, 3.8) is 0 Å². The fraction of sp³-hybridized carbons (Fsp3) is 0. The molecule has 0 aliphatic rings. The quantitative estimate of drug-likeness (QED) is 0.526. The molecule has 0 bridgehead atoms. The third-order valence-corrected chi connectivity index (χ3v) is 4.29. The van der Waals surface area contributed by atoms with Crippen LogP contribution in [-0.2, 0) is 0 Å². The molecular formula is C14H7BrCl3N3. The minimum atomic E-state index is 0.411. The standard InChI is InChI=1S/C14H7BrCl3N3/c15-7-3-13-14(20-6-7)11(1-2-19-13)21-12-5-9(17)8(16)4-10(12)18/h1-6H,(H,19,21). The van der Waals surface area contributed by atoms with Crippen LogP contribution in [0.2, 0.25) is 15.1 Å². The van der Waals surface area contributed by atoms with Crippen molar-refractivity contribution in [3.05, 3.63) is 56.2 Å². The van der Waals surface area contributed by atoms with E-state index in [0.29, 0.717) is 20.8 Å². The Kier molecular flexibility index (Phi) is 4.22. The van der Waals surface area contributed by atoms with Gasteiger partial charge in [-0.05, 0) is 40.2 Å². The highest BCUT2D eigenvalue weighted by Crippen LogP contribution is 2.35. The van der Waals surface area contributed by atoms with Crippen molar-refractivity contribution >= 4 is 73.1 Å². The molecule has 0 saturated heterocycles. The minimum Gasteiger partial charge on any atom is -0.352 e. The molecule has 106 valence electrons. The van der Waals surface area contributed by atoms with E-state index in [-0.39, 0.29) is 0 Å². The van der Waals surface area contributed by atoms with Crippen LogP contribution in [0.15, 0.2) is 41.1 Å². The number of fused-ring (bicyclic) bond motifs is 1. The number of benzene rings is 1. The third kappa shape index (κ3) is 3.09. The van der Waals surface area contributed by atoms with Crippen molar-refractivity contribution in [2.45, 2.75) is 0 Å². The van der Waals surface area contributed by atoms with Gasteiger partial charge < -0.3 is 5.32 Å². The highest BCUT2D eigenvalue weighted by molar-refractivity contribution is 9.10. The number of nitrogens with zero attached hydrogens (tertiary/aromatic N) is 2. The van der Waals surface area contributed by atoms with Gasteiger partial charge in [0, 0.05) is 16.9 Å². The van der Waals surface area contributed by atoms with E-state index in [1.54, 1.807) is 24.5 Å². The molecule has 1 aromatic carbocycles. The molecule has 0 fully saturated rings. The van der Waals surface area contributed by atoms with Crippen LogP contribution < -0.4 is 5.32 Å². The van der Waals surface area contributed by atoms with E-state index in [2.05, 4.69) is 31.2 Å². The van der Waals surface area contributed by atoms with Crippen molar-refractivity contribution in [1.82, 2.24) is 9.97 Å². The number of hydrogen-bond donors (Lipinski definition) is 1. The SMILES string of the molecule is Clc1cc(Cl)c(Nc2ccnc3cc(Br)cnc23)cc1Cl. The summed E-state index contributed by atoms with van der Waals surface area (Å²) in [6.45, 7) is 0. The monoisotopic (exact) mass is 401 g/mol. The number of hydrogen-bond acceptors (Lipinski definition) is 3. The molecule has 0 unspecified atom stereocenters. The molecule has 0 saturated carbocycles. The van der Waals surface area contributed by atoms with E-state index < -0.39 is 0 Å². The number of aromatic nitrogens is 2. The molecule has 21 heavy (non-hydrogen) atoms. The van der Waals surface area contributed by atoms with E-state index in [4.69, 9.17) is 34.8 Å². The number of halogens is 4. The Balaban J connectivity index is 2.08. The van der Waals surface area contributed by atoms with E-state index in [0.717, 1.165) is 21.2 Å². The van der Waals surface area contributed by atoms with Gasteiger partial charge in [0.25, 0.3) is 0 Å². The zero-order chi connectivity index (χ0) is 15.0. The Morgan fingerprint density at radius 1 is 0.905 bits per heavy atom. The van der Waals surface area contributed by atoms with Crippen LogP contribution in [0.25, 0.3) is 11.0 Å². The van der Waals surface area contributed by atoms with Crippen molar-refractivity contribution in [2.24, 2.45) is 0 Å². The molecule has 0 spiro atoms.